The highest BCUT2D eigenvalue weighted by Crippen LogP contribution is 2.34. The van der Waals surface area contributed by atoms with Crippen molar-refractivity contribution in [1.29, 1.82) is 0 Å². The van der Waals surface area contributed by atoms with Gasteiger partial charge in [-0.2, -0.15) is 0 Å². The smallest absolute Gasteiger partial charge is 0.0574 e. The van der Waals surface area contributed by atoms with E-state index in [1.54, 1.807) is 0 Å². The van der Waals surface area contributed by atoms with Crippen LogP contribution in [0.3, 0.4) is 0 Å². The van der Waals surface area contributed by atoms with Crippen LogP contribution in [0.15, 0.2) is 12.2 Å². The maximum atomic E-state index is 9.45. The molecule has 0 aromatic rings. The van der Waals surface area contributed by atoms with Gasteiger partial charge in [-0.3, -0.25) is 0 Å². The Morgan fingerprint density at radius 3 is 1.77 bits per heavy atom. The van der Waals surface area contributed by atoms with Crippen molar-refractivity contribution >= 4 is 0 Å². The van der Waals surface area contributed by atoms with Crippen molar-refractivity contribution in [2.75, 3.05) is 0 Å². The Morgan fingerprint density at radius 1 is 1.15 bits per heavy atom. The molecule has 0 radical (unpaired) electrons. The molecule has 0 aromatic carbocycles. The molecule has 0 unspecified atom stereocenters. The van der Waals surface area contributed by atoms with E-state index in [1.807, 2.05) is 13.8 Å². The number of aliphatic hydroxyl groups excluding tert-OH is 1. The van der Waals surface area contributed by atoms with Crippen LogP contribution in [0.5, 0.6) is 0 Å². The molecular formula is C12H24O. The third-order valence-electron chi connectivity index (χ3n) is 3.16. The number of aliphatic hydroxyl groups is 1. The van der Waals surface area contributed by atoms with Gasteiger partial charge < -0.3 is 5.11 Å². The van der Waals surface area contributed by atoms with E-state index >= 15 is 0 Å². The summed E-state index contributed by atoms with van der Waals surface area (Å²) < 4.78 is 0. The third-order valence-corrected chi connectivity index (χ3v) is 3.16. The van der Waals surface area contributed by atoms with E-state index in [-0.39, 0.29) is 17.4 Å². The van der Waals surface area contributed by atoms with Crippen molar-refractivity contribution in [2.45, 2.75) is 47.6 Å². The van der Waals surface area contributed by atoms with E-state index in [2.05, 4.69) is 34.3 Å². The molecule has 0 aliphatic carbocycles. The van der Waals surface area contributed by atoms with Crippen molar-refractivity contribution in [3.63, 3.8) is 0 Å². The van der Waals surface area contributed by atoms with E-state index in [9.17, 15) is 5.11 Å². The second-order valence-corrected chi connectivity index (χ2v) is 5.19. The average Bonchev–Trinajstić information content (AvgIpc) is 1.98. The standard InChI is InChI=1S/C12H24O/c1-8(9(2)11(4)13)10(3)12(5,6)7/h9-11,13H,1H2,2-7H3/t9-,10+,11-/m0/s1. The van der Waals surface area contributed by atoms with Crippen LogP contribution in [-0.2, 0) is 0 Å². The molecule has 1 heteroatoms. The normalized spacial score (nSPS) is 19.3. The molecule has 1 nitrogen and oxygen atoms in total. The fourth-order valence-corrected chi connectivity index (χ4v) is 1.26. The Kier molecular flexibility index (Phi) is 4.18. The molecule has 0 saturated carbocycles. The lowest BCUT2D eigenvalue weighted by Gasteiger charge is -2.33. The molecule has 0 fully saturated rings. The van der Waals surface area contributed by atoms with Gasteiger partial charge in [-0.15, -0.1) is 0 Å². The number of rotatable bonds is 3. The number of hydrogen-bond acceptors (Lipinski definition) is 1. The van der Waals surface area contributed by atoms with Crippen LogP contribution in [0.4, 0.5) is 0 Å². The summed E-state index contributed by atoms with van der Waals surface area (Å²) in [5.41, 5.74) is 1.39. The second kappa shape index (κ2) is 4.28. The molecular weight excluding hydrogens is 160 g/mol. The summed E-state index contributed by atoms with van der Waals surface area (Å²) in [6.07, 6.45) is -0.294. The highest BCUT2D eigenvalue weighted by Gasteiger charge is 2.26. The molecule has 0 aliphatic rings. The highest BCUT2D eigenvalue weighted by atomic mass is 16.3. The van der Waals surface area contributed by atoms with Gasteiger partial charge in [-0.25, -0.2) is 0 Å². The monoisotopic (exact) mass is 184 g/mol. The number of hydrogen-bond donors (Lipinski definition) is 1. The van der Waals surface area contributed by atoms with E-state index in [0.717, 1.165) is 5.57 Å². The van der Waals surface area contributed by atoms with Crippen LogP contribution >= 0.6 is 0 Å². The van der Waals surface area contributed by atoms with Gasteiger partial charge in [0, 0.05) is 5.92 Å². The van der Waals surface area contributed by atoms with Gasteiger partial charge in [0.2, 0.25) is 0 Å². The molecule has 13 heavy (non-hydrogen) atoms. The van der Waals surface area contributed by atoms with Crippen LogP contribution in [0.2, 0.25) is 0 Å². The maximum Gasteiger partial charge on any atom is 0.0574 e. The Morgan fingerprint density at radius 2 is 1.54 bits per heavy atom. The quantitative estimate of drug-likeness (QED) is 0.668. The molecule has 0 rings (SSSR count). The van der Waals surface area contributed by atoms with E-state index in [0.29, 0.717) is 5.92 Å². The Labute approximate surface area is 82.9 Å². The predicted octanol–water partition coefficient (Wildman–Crippen LogP) is 3.24. The molecule has 0 spiro atoms. The van der Waals surface area contributed by atoms with Crippen molar-refractivity contribution in [3.8, 4) is 0 Å². The molecule has 0 amide bonds. The first kappa shape index (κ1) is 12.7. The summed E-state index contributed by atoms with van der Waals surface area (Å²) >= 11 is 0. The first-order valence-corrected chi connectivity index (χ1v) is 5.04. The summed E-state index contributed by atoms with van der Waals surface area (Å²) in [6, 6.07) is 0. The Hall–Kier alpha value is -0.300. The van der Waals surface area contributed by atoms with E-state index in [1.165, 1.54) is 0 Å². The van der Waals surface area contributed by atoms with Crippen LogP contribution < -0.4 is 0 Å². The summed E-state index contributed by atoms with van der Waals surface area (Å²) in [6.45, 7) is 16.7. The Bertz CT molecular complexity index is 174. The van der Waals surface area contributed by atoms with Crippen LogP contribution in [0.1, 0.15) is 41.5 Å². The lowest BCUT2D eigenvalue weighted by Crippen LogP contribution is -2.26. The van der Waals surface area contributed by atoms with Crippen molar-refractivity contribution in [2.24, 2.45) is 17.3 Å². The molecule has 0 aromatic heterocycles. The van der Waals surface area contributed by atoms with Gasteiger partial charge >= 0.3 is 0 Å². The molecule has 0 saturated heterocycles. The van der Waals surface area contributed by atoms with Crippen LogP contribution in [-0.4, -0.2) is 11.2 Å². The van der Waals surface area contributed by atoms with Crippen LogP contribution in [0, 0.1) is 17.3 Å². The average molecular weight is 184 g/mol. The summed E-state index contributed by atoms with van der Waals surface area (Å²) in [7, 11) is 0. The van der Waals surface area contributed by atoms with Gasteiger partial charge in [-0.05, 0) is 18.3 Å². The minimum atomic E-state index is -0.294. The zero-order chi connectivity index (χ0) is 10.8. The largest absolute Gasteiger partial charge is 0.393 e. The SMILES string of the molecule is C=C([C@@H](C)C(C)(C)C)[C@H](C)[C@H](C)O. The summed E-state index contributed by atoms with van der Waals surface area (Å²) in [5.74, 6) is 0.631. The van der Waals surface area contributed by atoms with Gasteiger partial charge in [0.25, 0.3) is 0 Å². The van der Waals surface area contributed by atoms with Crippen LogP contribution in [0.25, 0.3) is 0 Å². The lowest BCUT2D eigenvalue weighted by atomic mass is 9.73. The summed E-state index contributed by atoms with van der Waals surface area (Å²) in [4.78, 5) is 0. The van der Waals surface area contributed by atoms with E-state index < -0.39 is 0 Å². The topological polar surface area (TPSA) is 20.2 Å². The highest BCUT2D eigenvalue weighted by molar-refractivity contribution is 5.08. The predicted molar refractivity (Wildman–Crippen MR) is 58.6 cm³/mol. The maximum absolute atomic E-state index is 9.45. The molecule has 1 N–H and O–H groups in total. The fraction of sp³-hybridized carbons (Fsp3) is 0.833. The second-order valence-electron chi connectivity index (χ2n) is 5.19. The first-order valence-electron chi connectivity index (χ1n) is 5.04. The molecule has 78 valence electrons. The molecule has 0 heterocycles. The first-order chi connectivity index (χ1) is 5.68. The zero-order valence-electron chi connectivity index (χ0n) is 9.89. The molecule has 0 aliphatic heterocycles. The molecule has 3 atom stereocenters. The van der Waals surface area contributed by atoms with Gasteiger partial charge in [-0.1, -0.05) is 46.8 Å². The van der Waals surface area contributed by atoms with E-state index in [4.69, 9.17) is 0 Å². The Balaban J connectivity index is 4.44. The van der Waals surface area contributed by atoms with Crippen molar-refractivity contribution in [1.82, 2.24) is 0 Å². The minimum Gasteiger partial charge on any atom is -0.393 e. The van der Waals surface area contributed by atoms with Gasteiger partial charge in [0.05, 0.1) is 6.10 Å². The molecule has 0 bridgehead atoms. The lowest BCUT2D eigenvalue weighted by molar-refractivity contribution is 0.138. The minimum absolute atomic E-state index is 0.189. The van der Waals surface area contributed by atoms with Gasteiger partial charge in [0.1, 0.15) is 0 Å². The van der Waals surface area contributed by atoms with Crippen molar-refractivity contribution in [3.05, 3.63) is 12.2 Å². The van der Waals surface area contributed by atoms with Gasteiger partial charge in [0.15, 0.2) is 0 Å². The van der Waals surface area contributed by atoms with Crippen molar-refractivity contribution < 1.29 is 5.11 Å². The summed E-state index contributed by atoms with van der Waals surface area (Å²) in [5, 5.41) is 9.45. The fourth-order valence-electron chi connectivity index (χ4n) is 1.26. The third kappa shape index (κ3) is 3.51. The zero-order valence-corrected chi connectivity index (χ0v) is 9.89.